The molecule has 0 aliphatic heterocycles. The fraction of sp³-hybridized carbons (Fsp3) is 0.263. The number of pyridine rings is 1. The number of nitrogens with one attached hydrogen (secondary N) is 1. The zero-order valence-corrected chi connectivity index (χ0v) is 14.9. The van der Waals surface area contributed by atoms with E-state index in [-0.39, 0.29) is 17.2 Å². The van der Waals surface area contributed by atoms with E-state index in [9.17, 15) is 9.59 Å². The Morgan fingerprint density at radius 2 is 2.00 bits per heavy atom. The predicted octanol–water partition coefficient (Wildman–Crippen LogP) is 2.35. The van der Waals surface area contributed by atoms with Crippen molar-refractivity contribution in [3.05, 3.63) is 58.2 Å². The van der Waals surface area contributed by atoms with Gasteiger partial charge in [-0.1, -0.05) is 12.1 Å². The maximum atomic E-state index is 12.3. The summed E-state index contributed by atoms with van der Waals surface area (Å²) in [6, 6.07) is 10.3. The number of aryl methyl sites for hydroxylation is 1. The van der Waals surface area contributed by atoms with Crippen LogP contribution in [0.3, 0.4) is 0 Å². The van der Waals surface area contributed by atoms with Crippen LogP contribution in [0.1, 0.15) is 16.2 Å². The first-order valence-electron chi connectivity index (χ1n) is 8.13. The van der Waals surface area contributed by atoms with E-state index in [1.807, 2.05) is 19.1 Å². The third kappa shape index (κ3) is 3.42. The highest BCUT2D eigenvalue weighted by atomic mass is 16.5. The molecule has 0 aliphatic rings. The summed E-state index contributed by atoms with van der Waals surface area (Å²) >= 11 is 0. The van der Waals surface area contributed by atoms with Crippen molar-refractivity contribution in [1.82, 2.24) is 9.88 Å². The normalized spacial score (nSPS) is 10.7. The standard InChI is InChI=1S/C19H20N2O5/c1-12-9-14(24-2)11-17(22)21(12)8-7-20-19(23)16-10-13-5-4-6-15(25-3)18(13)26-16/h4-6,9-11H,7-8H2,1-3H3,(H,20,23). The molecule has 3 aromatic rings. The third-order valence-corrected chi connectivity index (χ3v) is 4.12. The summed E-state index contributed by atoms with van der Waals surface area (Å²) in [5, 5.41) is 3.55. The summed E-state index contributed by atoms with van der Waals surface area (Å²) in [5.74, 6) is 0.941. The average Bonchev–Trinajstić information content (AvgIpc) is 3.07. The van der Waals surface area contributed by atoms with Crippen LogP contribution in [0.5, 0.6) is 11.5 Å². The van der Waals surface area contributed by atoms with E-state index in [0.29, 0.717) is 30.2 Å². The summed E-state index contributed by atoms with van der Waals surface area (Å²) in [7, 11) is 3.06. The maximum absolute atomic E-state index is 12.3. The molecule has 0 saturated carbocycles. The largest absolute Gasteiger partial charge is 0.496 e. The SMILES string of the molecule is COc1cc(C)n(CCNC(=O)c2cc3cccc(OC)c3o2)c(=O)c1. The topological polar surface area (TPSA) is 82.7 Å². The smallest absolute Gasteiger partial charge is 0.287 e. The highest BCUT2D eigenvalue weighted by molar-refractivity contribution is 5.97. The monoisotopic (exact) mass is 356 g/mol. The van der Waals surface area contributed by atoms with Gasteiger partial charge in [0.1, 0.15) is 5.75 Å². The van der Waals surface area contributed by atoms with E-state index >= 15 is 0 Å². The molecule has 0 radical (unpaired) electrons. The first-order chi connectivity index (χ1) is 12.5. The van der Waals surface area contributed by atoms with E-state index in [0.717, 1.165) is 11.1 Å². The molecule has 0 spiro atoms. The molecule has 2 aromatic heterocycles. The number of benzene rings is 1. The number of fused-ring (bicyclic) bond motifs is 1. The van der Waals surface area contributed by atoms with Crippen LogP contribution in [0.2, 0.25) is 0 Å². The van der Waals surface area contributed by atoms with Gasteiger partial charge in [0.2, 0.25) is 0 Å². The van der Waals surface area contributed by atoms with Crippen molar-refractivity contribution in [2.24, 2.45) is 0 Å². The molecule has 0 aliphatic carbocycles. The number of carbonyl (C=O) groups excluding carboxylic acids is 1. The number of hydrogen-bond donors (Lipinski definition) is 1. The van der Waals surface area contributed by atoms with E-state index < -0.39 is 0 Å². The van der Waals surface area contributed by atoms with Gasteiger partial charge < -0.3 is 23.8 Å². The Balaban J connectivity index is 1.69. The van der Waals surface area contributed by atoms with Crippen LogP contribution in [-0.2, 0) is 6.54 Å². The highest BCUT2D eigenvalue weighted by Crippen LogP contribution is 2.28. The van der Waals surface area contributed by atoms with Crippen LogP contribution < -0.4 is 20.3 Å². The average molecular weight is 356 g/mol. The summed E-state index contributed by atoms with van der Waals surface area (Å²) < 4.78 is 17.5. The molecule has 0 saturated heterocycles. The molecule has 7 heteroatoms. The molecule has 3 rings (SSSR count). The van der Waals surface area contributed by atoms with Gasteiger partial charge in [0, 0.05) is 30.2 Å². The molecule has 0 fully saturated rings. The summed E-state index contributed by atoms with van der Waals surface area (Å²) in [5.41, 5.74) is 1.11. The van der Waals surface area contributed by atoms with E-state index in [1.165, 1.54) is 13.2 Å². The number of para-hydroxylation sites is 1. The van der Waals surface area contributed by atoms with Gasteiger partial charge in [-0.05, 0) is 25.1 Å². The van der Waals surface area contributed by atoms with E-state index in [2.05, 4.69) is 5.32 Å². The molecule has 0 atom stereocenters. The number of aromatic nitrogens is 1. The maximum Gasteiger partial charge on any atom is 0.287 e. The predicted molar refractivity (Wildman–Crippen MR) is 97.1 cm³/mol. The molecule has 0 bridgehead atoms. The van der Waals surface area contributed by atoms with Crippen molar-refractivity contribution in [2.75, 3.05) is 20.8 Å². The minimum absolute atomic E-state index is 0.176. The molecule has 1 aromatic carbocycles. The molecule has 136 valence electrons. The first-order valence-corrected chi connectivity index (χ1v) is 8.13. The molecule has 2 heterocycles. The van der Waals surface area contributed by atoms with Gasteiger partial charge in [-0.25, -0.2) is 0 Å². The Labute approximate surface area is 150 Å². The highest BCUT2D eigenvalue weighted by Gasteiger charge is 2.14. The van der Waals surface area contributed by atoms with Crippen LogP contribution in [-0.4, -0.2) is 31.2 Å². The number of ether oxygens (including phenoxy) is 2. The lowest BCUT2D eigenvalue weighted by Crippen LogP contribution is -2.31. The zero-order chi connectivity index (χ0) is 18.7. The number of carbonyl (C=O) groups is 1. The molecule has 1 amide bonds. The lowest BCUT2D eigenvalue weighted by atomic mass is 10.2. The Morgan fingerprint density at radius 1 is 1.19 bits per heavy atom. The fourth-order valence-corrected chi connectivity index (χ4v) is 2.78. The van der Waals surface area contributed by atoms with Crippen molar-refractivity contribution < 1.29 is 18.7 Å². The Kier molecular flexibility index (Phi) is 4.97. The van der Waals surface area contributed by atoms with Gasteiger partial charge in [-0.3, -0.25) is 9.59 Å². The molecule has 1 N–H and O–H groups in total. The van der Waals surface area contributed by atoms with E-state index in [4.69, 9.17) is 13.9 Å². The second kappa shape index (κ2) is 7.35. The molecule has 0 unspecified atom stereocenters. The number of methoxy groups -OCH3 is 2. The van der Waals surface area contributed by atoms with Crippen molar-refractivity contribution in [3.8, 4) is 11.5 Å². The summed E-state index contributed by atoms with van der Waals surface area (Å²) in [6.45, 7) is 2.46. The van der Waals surface area contributed by atoms with Gasteiger partial charge in [0.25, 0.3) is 11.5 Å². The second-order valence-corrected chi connectivity index (χ2v) is 5.77. The van der Waals surface area contributed by atoms with Crippen molar-refractivity contribution in [1.29, 1.82) is 0 Å². The van der Waals surface area contributed by atoms with Crippen LogP contribution >= 0.6 is 0 Å². The fourth-order valence-electron chi connectivity index (χ4n) is 2.78. The van der Waals surface area contributed by atoms with Crippen LogP contribution in [0.15, 0.2) is 45.6 Å². The quantitative estimate of drug-likeness (QED) is 0.733. The molecule has 26 heavy (non-hydrogen) atoms. The van der Waals surface area contributed by atoms with Crippen molar-refractivity contribution in [3.63, 3.8) is 0 Å². The number of hydrogen-bond acceptors (Lipinski definition) is 5. The lowest BCUT2D eigenvalue weighted by Gasteiger charge is -2.11. The van der Waals surface area contributed by atoms with Gasteiger partial charge in [0.05, 0.1) is 14.2 Å². The first kappa shape index (κ1) is 17.6. The molecular weight excluding hydrogens is 336 g/mol. The van der Waals surface area contributed by atoms with Crippen LogP contribution in [0.25, 0.3) is 11.0 Å². The van der Waals surface area contributed by atoms with Gasteiger partial charge in [-0.15, -0.1) is 0 Å². The minimum atomic E-state index is -0.345. The van der Waals surface area contributed by atoms with E-state index in [1.54, 1.807) is 29.9 Å². The van der Waals surface area contributed by atoms with Gasteiger partial charge in [-0.2, -0.15) is 0 Å². The van der Waals surface area contributed by atoms with Crippen molar-refractivity contribution >= 4 is 16.9 Å². The Morgan fingerprint density at radius 3 is 2.69 bits per heavy atom. The molecular formula is C19H20N2O5. The number of nitrogens with zero attached hydrogens (tertiary/aromatic N) is 1. The zero-order valence-electron chi connectivity index (χ0n) is 14.9. The van der Waals surface area contributed by atoms with Crippen LogP contribution in [0.4, 0.5) is 0 Å². The van der Waals surface area contributed by atoms with Gasteiger partial charge in [0.15, 0.2) is 17.1 Å². The number of amides is 1. The minimum Gasteiger partial charge on any atom is -0.496 e. The lowest BCUT2D eigenvalue weighted by molar-refractivity contribution is 0.0926. The second-order valence-electron chi connectivity index (χ2n) is 5.77. The van der Waals surface area contributed by atoms with Crippen molar-refractivity contribution in [2.45, 2.75) is 13.5 Å². The Hall–Kier alpha value is -3.22. The number of rotatable bonds is 6. The number of furan rings is 1. The summed E-state index contributed by atoms with van der Waals surface area (Å²) in [6.07, 6.45) is 0. The Bertz CT molecular complexity index is 1000. The van der Waals surface area contributed by atoms with Crippen LogP contribution in [0, 0.1) is 6.92 Å². The molecule has 7 nitrogen and oxygen atoms in total. The third-order valence-electron chi connectivity index (χ3n) is 4.12. The van der Waals surface area contributed by atoms with Gasteiger partial charge >= 0.3 is 0 Å². The summed E-state index contributed by atoms with van der Waals surface area (Å²) in [4.78, 5) is 24.4.